The van der Waals surface area contributed by atoms with Gasteiger partial charge >= 0.3 is 5.97 Å². The highest BCUT2D eigenvalue weighted by Crippen LogP contribution is 2.17. The number of methoxy groups -OCH3 is 1. The van der Waals surface area contributed by atoms with Crippen LogP contribution in [0.15, 0.2) is 73.1 Å². The van der Waals surface area contributed by atoms with Crippen LogP contribution in [0.1, 0.15) is 21.5 Å². The van der Waals surface area contributed by atoms with Crippen LogP contribution in [-0.2, 0) is 0 Å². The molecule has 4 nitrogen and oxygen atoms in total. The van der Waals surface area contributed by atoms with Crippen molar-refractivity contribution in [3.05, 3.63) is 89.7 Å². The lowest BCUT2D eigenvalue weighted by Crippen LogP contribution is -2.08. The fourth-order valence-electron chi connectivity index (χ4n) is 2.21. The lowest BCUT2D eigenvalue weighted by Gasteiger charge is -2.05. The van der Waals surface area contributed by atoms with E-state index < -0.39 is 5.97 Å². The van der Waals surface area contributed by atoms with E-state index in [0.29, 0.717) is 17.1 Å². The van der Waals surface area contributed by atoms with Crippen LogP contribution < -0.4 is 9.47 Å². The van der Waals surface area contributed by atoms with Gasteiger partial charge in [0, 0.05) is 12.4 Å². The summed E-state index contributed by atoms with van der Waals surface area (Å²) in [4.78, 5) is 16.1. The molecule has 0 radical (unpaired) electrons. The number of aromatic nitrogens is 1. The van der Waals surface area contributed by atoms with Gasteiger partial charge in [-0.2, -0.15) is 0 Å². The molecule has 0 amide bonds. The van der Waals surface area contributed by atoms with E-state index in [-0.39, 0.29) is 0 Å². The summed E-state index contributed by atoms with van der Waals surface area (Å²) in [7, 11) is 1.58. The van der Waals surface area contributed by atoms with Crippen LogP contribution in [-0.4, -0.2) is 18.1 Å². The van der Waals surface area contributed by atoms with E-state index in [4.69, 9.17) is 9.47 Å². The number of carbonyl (C=O) groups excluding carboxylic acids is 1. The van der Waals surface area contributed by atoms with Gasteiger partial charge in [0.2, 0.25) is 0 Å². The third-order valence-corrected chi connectivity index (χ3v) is 3.59. The highest BCUT2D eigenvalue weighted by Gasteiger charge is 2.08. The van der Waals surface area contributed by atoms with E-state index >= 15 is 0 Å². The smallest absolute Gasteiger partial charge is 0.343 e. The summed E-state index contributed by atoms with van der Waals surface area (Å²) >= 11 is 0. The molecule has 3 aromatic rings. The van der Waals surface area contributed by atoms with Gasteiger partial charge in [0.05, 0.1) is 12.7 Å². The van der Waals surface area contributed by atoms with Crippen molar-refractivity contribution in [2.24, 2.45) is 0 Å². The topological polar surface area (TPSA) is 48.4 Å². The molecule has 0 aliphatic rings. The Hall–Kier alpha value is -3.40. The summed E-state index contributed by atoms with van der Waals surface area (Å²) in [6.45, 7) is 0. The standard InChI is InChI=1S/C21H17NO3/c1-24-19-10-6-18(7-11-19)21(23)25-20-8-4-16(5-9-20)2-3-17-12-14-22-15-13-17/h2-15H,1H3. The van der Waals surface area contributed by atoms with Crippen molar-refractivity contribution >= 4 is 18.1 Å². The van der Waals surface area contributed by atoms with Gasteiger partial charge in [-0.15, -0.1) is 0 Å². The fraction of sp³-hybridized carbons (Fsp3) is 0.0476. The molecule has 0 aliphatic heterocycles. The highest BCUT2D eigenvalue weighted by atomic mass is 16.5. The molecular weight excluding hydrogens is 314 g/mol. The molecule has 0 N–H and O–H groups in total. The van der Waals surface area contributed by atoms with Crippen molar-refractivity contribution < 1.29 is 14.3 Å². The molecule has 25 heavy (non-hydrogen) atoms. The van der Waals surface area contributed by atoms with Crippen molar-refractivity contribution in [2.45, 2.75) is 0 Å². The summed E-state index contributed by atoms with van der Waals surface area (Å²) in [5.74, 6) is 0.798. The predicted octanol–water partition coefficient (Wildman–Crippen LogP) is 4.48. The zero-order chi connectivity index (χ0) is 17.5. The third-order valence-electron chi connectivity index (χ3n) is 3.59. The molecule has 0 bridgehead atoms. The average molecular weight is 331 g/mol. The van der Waals surface area contributed by atoms with Gasteiger partial charge in [0.25, 0.3) is 0 Å². The summed E-state index contributed by atoms with van der Waals surface area (Å²) in [5, 5.41) is 0. The first kappa shape index (κ1) is 16.5. The van der Waals surface area contributed by atoms with E-state index in [0.717, 1.165) is 11.1 Å². The second-order valence-corrected chi connectivity index (χ2v) is 5.30. The number of hydrogen-bond donors (Lipinski definition) is 0. The molecule has 0 saturated heterocycles. The molecule has 0 spiro atoms. The van der Waals surface area contributed by atoms with Crippen LogP contribution in [0.25, 0.3) is 12.2 Å². The van der Waals surface area contributed by atoms with E-state index in [1.807, 2.05) is 36.4 Å². The molecule has 2 aromatic carbocycles. The Morgan fingerprint density at radius 2 is 1.36 bits per heavy atom. The van der Waals surface area contributed by atoms with Crippen molar-refractivity contribution in [1.82, 2.24) is 4.98 Å². The molecule has 0 atom stereocenters. The Labute approximate surface area is 146 Å². The number of pyridine rings is 1. The summed E-state index contributed by atoms with van der Waals surface area (Å²) in [6, 6.07) is 18.0. The first-order valence-corrected chi connectivity index (χ1v) is 7.79. The number of rotatable bonds is 5. The minimum atomic E-state index is -0.400. The molecule has 4 heteroatoms. The predicted molar refractivity (Wildman–Crippen MR) is 97.6 cm³/mol. The molecule has 124 valence electrons. The maximum atomic E-state index is 12.1. The van der Waals surface area contributed by atoms with Crippen molar-refractivity contribution in [3.63, 3.8) is 0 Å². The van der Waals surface area contributed by atoms with E-state index in [2.05, 4.69) is 4.98 Å². The van der Waals surface area contributed by atoms with Crippen LogP contribution in [0.5, 0.6) is 11.5 Å². The Bertz CT molecular complexity index is 854. The summed E-state index contributed by atoms with van der Waals surface area (Å²) in [6.07, 6.45) is 7.49. The molecule has 1 aromatic heterocycles. The normalized spacial score (nSPS) is 10.6. The zero-order valence-corrected chi connectivity index (χ0v) is 13.8. The van der Waals surface area contributed by atoms with Crippen LogP contribution in [0.3, 0.4) is 0 Å². The number of carbonyl (C=O) groups is 1. The van der Waals surface area contributed by atoms with Gasteiger partial charge in [-0.25, -0.2) is 4.79 Å². The minimum Gasteiger partial charge on any atom is -0.497 e. The molecule has 3 rings (SSSR count). The highest BCUT2D eigenvalue weighted by molar-refractivity contribution is 5.91. The summed E-state index contributed by atoms with van der Waals surface area (Å²) < 4.78 is 10.5. The Morgan fingerprint density at radius 3 is 1.96 bits per heavy atom. The Morgan fingerprint density at radius 1 is 0.800 bits per heavy atom. The van der Waals surface area contributed by atoms with Crippen LogP contribution in [0.2, 0.25) is 0 Å². The fourth-order valence-corrected chi connectivity index (χ4v) is 2.21. The molecule has 0 aliphatic carbocycles. The zero-order valence-electron chi connectivity index (χ0n) is 13.8. The first-order valence-electron chi connectivity index (χ1n) is 7.79. The molecule has 0 fully saturated rings. The van der Waals surface area contributed by atoms with Crippen LogP contribution in [0, 0.1) is 0 Å². The van der Waals surface area contributed by atoms with Gasteiger partial charge in [0.1, 0.15) is 11.5 Å². The van der Waals surface area contributed by atoms with Crippen LogP contribution >= 0.6 is 0 Å². The summed E-state index contributed by atoms with van der Waals surface area (Å²) in [5.41, 5.74) is 2.56. The maximum Gasteiger partial charge on any atom is 0.343 e. The first-order chi connectivity index (χ1) is 12.2. The number of nitrogens with zero attached hydrogens (tertiary/aromatic N) is 1. The average Bonchev–Trinajstić information content (AvgIpc) is 2.68. The second kappa shape index (κ2) is 7.93. The number of hydrogen-bond acceptors (Lipinski definition) is 4. The Balaban J connectivity index is 1.63. The maximum absolute atomic E-state index is 12.1. The minimum absolute atomic E-state index is 0.400. The van der Waals surface area contributed by atoms with Gasteiger partial charge in [-0.05, 0) is 59.7 Å². The van der Waals surface area contributed by atoms with Gasteiger partial charge in [0.15, 0.2) is 0 Å². The van der Waals surface area contributed by atoms with Gasteiger partial charge < -0.3 is 9.47 Å². The van der Waals surface area contributed by atoms with Gasteiger partial charge in [-0.3, -0.25) is 4.98 Å². The van der Waals surface area contributed by atoms with Crippen molar-refractivity contribution in [2.75, 3.05) is 7.11 Å². The molecule has 0 saturated carbocycles. The SMILES string of the molecule is COc1ccc(C(=O)Oc2ccc(C=Cc3ccncc3)cc2)cc1. The third kappa shape index (κ3) is 4.54. The number of benzene rings is 2. The second-order valence-electron chi connectivity index (χ2n) is 5.30. The van der Waals surface area contributed by atoms with E-state index in [1.165, 1.54) is 0 Å². The molecule has 0 unspecified atom stereocenters. The van der Waals surface area contributed by atoms with E-state index in [1.54, 1.807) is 55.9 Å². The molecule has 1 heterocycles. The van der Waals surface area contributed by atoms with Gasteiger partial charge in [-0.1, -0.05) is 24.3 Å². The number of ether oxygens (including phenoxy) is 2. The number of esters is 1. The van der Waals surface area contributed by atoms with Crippen LogP contribution in [0.4, 0.5) is 0 Å². The molecular formula is C21H17NO3. The van der Waals surface area contributed by atoms with Crippen molar-refractivity contribution in [1.29, 1.82) is 0 Å². The lowest BCUT2D eigenvalue weighted by molar-refractivity contribution is 0.0734. The lowest BCUT2D eigenvalue weighted by atomic mass is 10.1. The Kier molecular flexibility index (Phi) is 5.22. The largest absolute Gasteiger partial charge is 0.497 e. The van der Waals surface area contributed by atoms with Crippen molar-refractivity contribution in [3.8, 4) is 11.5 Å². The van der Waals surface area contributed by atoms with E-state index in [9.17, 15) is 4.79 Å². The quantitative estimate of drug-likeness (QED) is 0.511. The monoisotopic (exact) mass is 331 g/mol.